The number of anilines is 1. The second-order valence-electron chi connectivity index (χ2n) is 4.96. The fourth-order valence-electron chi connectivity index (χ4n) is 1.97. The summed E-state index contributed by atoms with van der Waals surface area (Å²) in [5, 5.41) is 2.69. The van der Waals surface area contributed by atoms with Gasteiger partial charge in [-0.1, -0.05) is 13.3 Å². The second-order valence-corrected chi connectivity index (χ2v) is 4.96. The molecule has 1 aliphatic heterocycles. The summed E-state index contributed by atoms with van der Waals surface area (Å²) in [5.74, 6) is 0.742. The molecule has 6 heteroatoms. The molecule has 0 bridgehead atoms. The van der Waals surface area contributed by atoms with Gasteiger partial charge >= 0.3 is 0 Å². The molecule has 114 valence electrons. The molecule has 2 rings (SSSR count). The molecule has 0 saturated carbocycles. The number of nitrogens with zero attached hydrogens (tertiary/aromatic N) is 1. The third-order valence-corrected chi connectivity index (χ3v) is 3.24. The van der Waals surface area contributed by atoms with Crippen LogP contribution in [0.2, 0.25) is 0 Å². The zero-order valence-electron chi connectivity index (χ0n) is 12.3. The van der Waals surface area contributed by atoms with Crippen LogP contribution in [0.25, 0.3) is 0 Å². The highest BCUT2D eigenvalue weighted by Crippen LogP contribution is 2.34. The van der Waals surface area contributed by atoms with Crippen LogP contribution in [0.3, 0.4) is 0 Å². The van der Waals surface area contributed by atoms with Crippen LogP contribution < -0.4 is 14.8 Å². The minimum Gasteiger partial charge on any atom is -0.454 e. The Balaban J connectivity index is 1.85. The zero-order valence-corrected chi connectivity index (χ0v) is 12.3. The highest BCUT2D eigenvalue weighted by atomic mass is 16.7. The van der Waals surface area contributed by atoms with Crippen LogP contribution in [-0.4, -0.2) is 37.1 Å². The lowest BCUT2D eigenvalue weighted by molar-refractivity contribution is -0.133. The molecule has 1 N–H and O–H groups in total. The van der Waals surface area contributed by atoms with E-state index in [4.69, 9.17) is 9.47 Å². The van der Waals surface area contributed by atoms with E-state index in [1.165, 1.54) is 0 Å². The monoisotopic (exact) mass is 292 g/mol. The van der Waals surface area contributed by atoms with E-state index in [2.05, 4.69) is 12.2 Å². The number of nitrogens with one attached hydrogen (secondary N) is 1. The van der Waals surface area contributed by atoms with Gasteiger partial charge in [0.05, 0.1) is 0 Å². The Morgan fingerprint density at radius 2 is 2.05 bits per heavy atom. The van der Waals surface area contributed by atoms with E-state index in [9.17, 15) is 9.59 Å². The van der Waals surface area contributed by atoms with Gasteiger partial charge in [0.2, 0.25) is 18.6 Å². The Morgan fingerprint density at radius 1 is 1.29 bits per heavy atom. The molecule has 0 saturated heterocycles. The maximum absolute atomic E-state index is 11.9. The van der Waals surface area contributed by atoms with Crippen molar-refractivity contribution in [3.8, 4) is 11.5 Å². The van der Waals surface area contributed by atoms with Gasteiger partial charge in [-0.3, -0.25) is 9.59 Å². The minimum absolute atomic E-state index is 0.158. The summed E-state index contributed by atoms with van der Waals surface area (Å²) in [6, 6.07) is 5.13. The van der Waals surface area contributed by atoms with E-state index < -0.39 is 0 Å². The summed E-state index contributed by atoms with van der Waals surface area (Å²) in [4.78, 5) is 25.3. The number of hydrogen-bond donors (Lipinski definition) is 1. The molecule has 21 heavy (non-hydrogen) atoms. The van der Waals surface area contributed by atoms with E-state index >= 15 is 0 Å². The van der Waals surface area contributed by atoms with Crippen LogP contribution in [0, 0.1) is 0 Å². The first-order valence-electron chi connectivity index (χ1n) is 7.03. The molecule has 0 unspecified atom stereocenters. The number of unbranched alkanes of at least 4 members (excludes halogenated alkanes) is 1. The molecule has 0 spiro atoms. The standard InChI is InChI=1S/C15H20N2O4/c1-3-4-7-17(2)15(19)9-14(18)16-11-5-6-12-13(8-11)21-10-20-12/h5-6,8H,3-4,7,9-10H2,1-2H3,(H,16,18). The summed E-state index contributed by atoms with van der Waals surface area (Å²) >= 11 is 0. The van der Waals surface area contributed by atoms with E-state index in [1.54, 1.807) is 30.1 Å². The quantitative estimate of drug-likeness (QED) is 0.814. The third-order valence-electron chi connectivity index (χ3n) is 3.24. The molecule has 0 radical (unpaired) electrons. The first-order chi connectivity index (χ1) is 10.1. The lowest BCUT2D eigenvalue weighted by Gasteiger charge is -2.16. The van der Waals surface area contributed by atoms with Crippen LogP contribution in [0.4, 0.5) is 5.69 Å². The summed E-state index contributed by atoms with van der Waals surface area (Å²) in [6.45, 7) is 2.92. The molecular formula is C15H20N2O4. The van der Waals surface area contributed by atoms with Crippen LogP contribution in [0.1, 0.15) is 26.2 Å². The van der Waals surface area contributed by atoms with E-state index in [-0.39, 0.29) is 25.0 Å². The molecule has 0 aromatic heterocycles. The maximum atomic E-state index is 11.9. The van der Waals surface area contributed by atoms with Gasteiger partial charge in [-0.25, -0.2) is 0 Å². The van der Waals surface area contributed by atoms with E-state index in [0.29, 0.717) is 23.7 Å². The number of rotatable bonds is 6. The van der Waals surface area contributed by atoms with Gasteiger partial charge in [-0.15, -0.1) is 0 Å². The van der Waals surface area contributed by atoms with Gasteiger partial charge in [0.1, 0.15) is 6.42 Å². The van der Waals surface area contributed by atoms with Crippen LogP contribution in [-0.2, 0) is 9.59 Å². The average Bonchev–Trinajstić information content (AvgIpc) is 2.91. The van der Waals surface area contributed by atoms with Gasteiger partial charge in [0, 0.05) is 25.3 Å². The molecule has 6 nitrogen and oxygen atoms in total. The predicted molar refractivity (Wildman–Crippen MR) is 78.4 cm³/mol. The lowest BCUT2D eigenvalue weighted by atomic mass is 10.2. The molecule has 2 amide bonds. The topological polar surface area (TPSA) is 67.9 Å². The Bertz CT molecular complexity index is 530. The molecule has 0 aliphatic carbocycles. The largest absolute Gasteiger partial charge is 0.454 e. The smallest absolute Gasteiger partial charge is 0.233 e. The molecule has 0 atom stereocenters. The van der Waals surface area contributed by atoms with Crippen LogP contribution in [0.5, 0.6) is 11.5 Å². The van der Waals surface area contributed by atoms with Crippen molar-refractivity contribution < 1.29 is 19.1 Å². The van der Waals surface area contributed by atoms with Gasteiger partial charge < -0.3 is 19.7 Å². The summed E-state index contributed by atoms with van der Waals surface area (Å²) in [5.41, 5.74) is 0.591. The Kier molecular flexibility index (Phi) is 5.03. The van der Waals surface area contributed by atoms with Gasteiger partial charge in [-0.05, 0) is 18.6 Å². The molecule has 0 fully saturated rings. The molecule has 1 heterocycles. The fourth-order valence-corrected chi connectivity index (χ4v) is 1.97. The number of fused-ring (bicyclic) bond motifs is 1. The van der Waals surface area contributed by atoms with Crippen molar-refractivity contribution in [2.45, 2.75) is 26.2 Å². The molecular weight excluding hydrogens is 272 g/mol. The first-order valence-corrected chi connectivity index (χ1v) is 7.03. The normalized spacial score (nSPS) is 12.1. The average molecular weight is 292 g/mol. The van der Waals surface area contributed by atoms with Crippen molar-refractivity contribution in [3.63, 3.8) is 0 Å². The Morgan fingerprint density at radius 3 is 2.81 bits per heavy atom. The second kappa shape index (κ2) is 6.97. The third kappa shape index (κ3) is 4.11. The first kappa shape index (κ1) is 15.2. The lowest BCUT2D eigenvalue weighted by Crippen LogP contribution is -2.31. The number of amides is 2. The van der Waals surface area contributed by atoms with Crippen molar-refractivity contribution in [2.24, 2.45) is 0 Å². The number of ether oxygens (including phenoxy) is 2. The highest BCUT2D eigenvalue weighted by Gasteiger charge is 2.16. The summed E-state index contributed by atoms with van der Waals surface area (Å²) < 4.78 is 10.4. The van der Waals surface area contributed by atoms with Gasteiger partial charge in [-0.2, -0.15) is 0 Å². The fraction of sp³-hybridized carbons (Fsp3) is 0.467. The number of benzene rings is 1. The van der Waals surface area contributed by atoms with Crippen molar-refractivity contribution in [3.05, 3.63) is 18.2 Å². The minimum atomic E-state index is -0.331. The van der Waals surface area contributed by atoms with Crippen molar-refractivity contribution in [2.75, 3.05) is 25.7 Å². The SMILES string of the molecule is CCCCN(C)C(=O)CC(=O)Nc1ccc2c(c1)OCO2. The summed E-state index contributed by atoms with van der Waals surface area (Å²) in [7, 11) is 1.71. The Labute approximate surface area is 124 Å². The van der Waals surface area contributed by atoms with Crippen molar-refractivity contribution in [1.29, 1.82) is 0 Å². The van der Waals surface area contributed by atoms with E-state index in [1.807, 2.05) is 0 Å². The zero-order chi connectivity index (χ0) is 15.2. The van der Waals surface area contributed by atoms with Crippen LogP contribution >= 0.6 is 0 Å². The van der Waals surface area contributed by atoms with Crippen LogP contribution in [0.15, 0.2) is 18.2 Å². The molecule has 1 aromatic carbocycles. The van der Waals surface area contributed by atoms with Crippen molar-refractivity contribution in [1.82, 2.24) is 4.90 Å². The number of hydrogen-bond acceptors (Lipinski definition) is 4. The molecule has 1 aromatic rings. The number of carbonyl (C=O) groups is 2. The Hall–Kier alpha value is -2.24. The van der Waals surface area contributed by atoms with Gasteiger partial charge in [0.15, 0.2) is 11.5 Å². The predicted octanol–water partition coefficient (Wildman–Crippen LogP) is 2.00. The van der Waals surface area contributed by atoms with E-state index in [0.717, 1.165) is 12.8 Å². The highest BCUT2D eigenvalue weighted by molar-refractivity contribution is 6.03. The molecule has 1 aliphatic rings. The van der Waals surface area contributed by atoms with Crippen molar-refractivity contribution >= 4 is 17.5 Å². The number of carbonyl (C=O) groups excluding carboxylic acids is 2. The maximum Gasteiger partial charge on any atom is 0.233 e. The van der Waals surface area contributed by atoms with Gasteiger partial charge in [0.25, 0.3) is 0 Å². The summed E-state index contributed by atoms with van der Waals surface area (Å²) in [6.07, 6.45) is 1.79.